The Morgan fingerprint density at radius 1 is 0.484 bits per heavy atom. The molecule has 0 spiro atoms. The lowest BCUT2D eigenvalue weighted by atomic mass is 10.1. The van der Waals surface area contributed by atoms with E-state index in [-0.39, 0.29) is 35.5 Å². The Labute approximate surface area is 180 Å². The molecule has 0 aromatic heterocycles. The Balaban J connectivity index is 1.84. The summed E-state index contributed by atoms with van der Waals surface area (Å²) < 4.78 is 15.6. The van der Waals surface area contributed by atoms with Crippen molar-refractivity contribution >= 4 is 23.9 Å². The summed E-state index contributed by atoms with van der Waals surface area (Å²) in [5.41, 5.74) is -0.0896. The summed E-state index contributed by atoms with van der Waals surface area (Å²) >= 11 is 0. The number of ether oxygens (including phenoxy) is 3. The van der Waals surface area contributed by atoms with Crippen molar-refractivity contribution in [2.45, 2.75) is 51.4 Å². The van der Waals surface area contributed by atoms with E-state index in [1.807, 2.05) is 0 Å². The number of carbonyl (C=O) groups is 4. The van der Waals surface area contributed by atoms with Gasteiger partial charge in [-0.3, -0.25) is 9.59 Å². The van der Waals surface area contributed by atoms with E-state index >= 15 is 0 Å². The average molecular weight is 424 g/mol. The minimum Gasteiger partial charge on any atom is -0.426 e. The lowest BCUT2D eigenvalue weighted by Gasteiger charge is -2.11. The Hall–Kier alpha value is -3.48. The van der Waals surface area contributed by atoms with E-state index in [1.54, 1.807) is 24.3 Å². The molecule has 1 aliphatic heterocycles. The molecule has 7 nitrogen and oxygen atoms in total. The Bertz CT molecular complexity index is 886. The van der Waals surface area contributed by atoms with Gasteiger partial charge in [-0.1, -0.05) is 49.9 Å². The van der Waals surface area contributed by atoms with Gasteiger partial charge in [-0.25, -0.2) is 9.59 Å². The number of hydrogen-bond acceptors (Lipinski definition) is 7. The van der Waals surface area contributed by atoms with Crippen LogP contribution in [0.1, 0.15) is 72.1 Å². The standard InChI is InChI=1S/C24H24O7/c25-21-15-5-3-1-2-4-6-16-22(26)30-20-14-10-8-12-18(20)24(28)31-23(27)17-11-7-9-13-19(17)29-21/h7-14H,1-6,15-16H2. The number of para-hydroxylation sites is 2. The zero-order valence-electron chi connectivity index (χ0n) is 17.1. The third kappa shape index (κ3) is 6.50. The molecular weight excluding hydrogens is 400 g/mol. The lowest BCUT2D eigenvalue weighted by Crippen LogP contribution is -2.17. The van der Waals surface area contributed by atoms with E-state index in [4.69, 9.17) is 14.2 Å². The molecule has 1 aliphatic rings. The lowest BCUT2D eigenvalue weighted by molar-refractivity contribution is -0.135. The Morgan fingerprint density at radius 2 is 0.871 bits per heavy atom. The monoisotopic (exact) mass is 424 g/mol. The van der Waals surface area contributed by atoms with Crippen molar-refractivity contribution in [1.82, 2.24) is 0 Å². The van der Waals surface area contributed by atoms with Crippen molar-refractivity contribution in [3.05, 3.63) is 59.7 Å². The van der Waals surface area contributed by atoms with Gasteiger partial charge < -0.3 is 14.2 Å². The quantitative estimate of drug-likeness (QED) is 0.346. The van der Waals surface area contributed by atoms with Gasteiger partial charge in [0.2, 0.25) is 0 Å². The molecular formula is C24H24O7. The van der Waals surface area contributed by atoms with Gasteiger partial charge in [-0.2, -0.15) is 0 Å². The normalized spacial score (nSPS) is 17.0. The van der Waals surface area contributed by atoms with E-state index < -0.39 is 23.9 Å². The summed E-state index contributed by atoms with van der Waals surface area (Å²) in [6, 6.07) is 12.1. The maximum atomic E-state index is 12.6. The van der Waals surface area contributed by atoms with E-state index in [0.29, 0.717) is 12.8 Å². The molecule has 0 radical (unpaired) electrons. The number of esters is 4. The summed E-state index contributed by atoms with van der Waals surface area (Å²) in [7, 11) is 0. The van der Waals surface area contributed by atoms with Crippen LogP contribution < -0.4 is 9.47 Å². The summed E-state index contributed by atoms with van der Waals surface area (Å²) in [4.78, 5) is 49.5. The number of fused-ring (bicyclic) bond motifs is 2. The van der Waals surface area contributed by atoms with Crippen LogP contribution in [0.15, 0.2) is 48.5 Å². The van der Waals surface area contributed by atoms with Crippen molar-refractivity contribution in [3.63, 3.8) is 0 Å². The van der Waals surface area contributed by atoms with Crippen molar-refractivity contribution in [3.8, 4) is 11.5 Å². The van der Waals surface area contributed by atoms with Crippen LogP contribution in [0.4, 0.5) is 0 Å². The fourth-order valence-corrected chi connectivity index (χ4v) is 3.24. The second kappa shape index (κ2) is 11.1. The number of rotatable bonds is 0. The third-order valence-electron chi connectivity index (χ3n) is 4.86. The molecule has 2 aromatic carbocycles. The second-order valence-electron chi connectivity index (χ2n) is 7.24. The SMILES string of the molecule is O=C1CCCCCCCCC(=O)Oc2ccccc2C(=O)OC(=O)c2ccccc2O1. The van der Waals surface area contributed by atoms with Crippen LogP contribution in [0, 0.1) is 0 Å². The van der Waals surface area contributed by atoms with Gasteiger partial charge >= 0.3 is 23.9 Å². The molecule has 2 aromatic rings. The van der Waals surface area contributed by atoms with Crippen molar-refractivity contribution < 1.29 is 33.4 Å². The first kappa shape index (κ1) is 22.2. The van der Waals surface area contributed by atoms with Crippen LogP contribution >= 0.6 is 0 Å². The first-order valence-corrected chi connectivity index (χ1v) is 10.4. The van der Waals surface area contributed by atoms with Gasteiger partial charge in [-0.15, -0.1) is 0 Å². The highest BCUT2D eigenvalue weighted by Crippen LogP contribution is 2.24. The third-order valence-corrected chi connectivity index (χ3v) is 4.86. The summed E-state index contributed by atoms with van der Waals surface area (Å²) in [6.07, 6.45) is 5.41. The smallest absolute Gasteiger partial charge is 0.349 e. The molecule has 0 N–H and O–H groups in total. The Morgan fingerprint density at radius 3 is 1.32 bits per heavy atom. The highest BCUT2D eigenvalue weighted by atomic mass is 16.6. The van der Waals surface area contributed by atoms with Gasteiger partial charge in [-0.05, 0) is 37.1 Å². The molecule has 0 fully saturated rings. The fourth-order valence-electron chi connectivity index (χ4n) is 3.24. The van der Waals surface area contributed by atoms with E-state index in [9.17, 15) is 19.2 Å². The highest BCUT2D eigenvalue weighted by molar-refractivity contribution is 6.05. The average Bonchev–Trinajstić information content (AvgIpc) is 2.75. The van der Waals surface area contributed by atoms with Crippen LogP contribution in [0.2, 0.25) is 0 Å². The highest BCUT2D eigenvalue weighted by Gasteiger charge is 2.23. The zero-order valence-corrected chi connectivity index (χ0v) is 17.1. The molecule has 162 valence electrons. The maximum absolute atomic E-state index is 12.6. The van der Waals surface area contributed by atoms with Gasteiger partial charge in [0.1, 0.15) is 22.6 Å². The molecule has 0 bridgehead atoms. The predicted octanol–water partition coefficient (Wildman–Crippen LogP) is 4.63. The van der Waals surface area contributed by atoms with E-state index in [2.05, 4.69) is 0 Å². The molecule has 7 heteroatoms. The molecule has 1 heterocycles. The number of cyclic esters (lactones) is 2. The summed E-state index contributed by atoms with van der Waals surface area (Å²) in [5.74, 6) is -2.77. The van der Waals surface area contributed by atoms with Gasteiger partial charge in [0.15, 0.2) is 0 Å². The van der Waals surface area contributed by atoms with Crippen LogP contribution in [0.25, 0.3) is 0 Å². The first-order chi connectivity index (χ1) is 15.0. The summed E-state index contributed by atoms with van der Waals surface area (Å²) in [5, 5.41) is 0. The number of hydrogen-bond donors (Lipinski definition) is 0. The van der Waals surface area contributed by atoms with Crippen LogP contribution in [-0.2, 0) is 14.3 Å². The zero-order chi connectivity index (χ0) is 22.1. The molecule has 0 atom stereocenters. The topological polar surface area (TPSA) is 96.0 Å². The van der Waals surface area contributed by atoms with Crippen molar-refractivity contribution in [1.29, 1.82) is 0 Å². The molecule has 3 rings (SSSR count). The molecule has 31 heavy (non-hydrogen) atoms. The summed E-state index contributed by atoms with van der Waals surface area (Å²) in [6.45, 7) is 0. The fraction of sp³-hybridized carbons (Fsp3) is 0.333. The van der Waals surface area contributed by atoms with Gasteiger partial charge in [0.05, 0.1) is 0 Å². The number of carbonyl (C=O) groups excluding carboxylic acids is 4. The van der Waals surface area contributed by atoms with Gasteiger partial charge in [0, 0.05) is 12.8 Å². The van der Waals surface area contributed by atoms with Crippen LogP contribution in [0.5, 0.6) is 11.5 Å². The minimum atomic E-state index is -0.965. The van der Waals surface area contributed by atoms with Gasteiger partial charge in [0.25, 0.3) is 0 Å². The number of benzene rings is 2. The maximum Gasteiger partial charge on any atom is 0.349 e. The van der Waals surface area contributed by atoms with Crippen molar-refractivity contribution in [2.75, 3.05) is 0 Å². The van der Waals surface area contributed by atoms with Crippen LogP contribution in [-0.4, -0.2) is 23.9 Å². The molecule has 0 unspecified atom stereocenters. The molecule has 0 saturated carbocycles. The van der Waals surface area contributed by atoms with E-state index in [0.717, 1.165) is 25.7 Å². The predicted molar refractivity (Wildman–Crippen MR) is 111 cm³/mol. The minimum absolute atomic E-state index is 0.0305. The molecule has 0 amide bonds. The molecule has 0 saturated heterocycles. The first-order valence-electron chi connectivity index (χ1n) is 10.4. The second-order valence-corrected chi connectivity index (χ2v) is 7.24. The van der Waals surface area contributed by atoms with E-state index in [1.165, 1.54) is 24.3 Å². The Kier molecular flexibility index (Phi) is 7.92. The molecule has 0 aliphatic carbocycles. The largest absolute Gasteiger partial charge is 0.426 e. The van der Waals surface area contributed by atoms with Crippen LogP contribution in [0.3, 0.4) is 0 Å². The van der Waals surface area contributed by atoms with Crippen molar-refractivity contribution in [2.24, 2.45) is 0 Å².